The number of fused-ring (bicyclic) bond motifs is 2. The molecule has 2 bridgehead atoms. The van der Waals surface area contributed by atoms with Crippen LogP contribution in [0.5, 0.6) is 0 Å². The van der Waals surface area contributed by atoms with Crippen molar-refractivity contribution >= 4 is 0 Å². The van der Waals surface area contributed by atoms with Crippen molar-refractivity contribution in [3.63, 3.8) is 0 Å². The molecular formula is C12H23N3. The summed E-state index contributed by atoms with van der Waals surface area (Å²) in [6.45, 7) is 9.42. The molecule has 0 radical (unpaired) electrons. The highest BCUT2D eigenvalue weighted by molar-refractivity contribution is 4.87. The van der Waals surface area contributed by atoms with Crippen molar-refractivity contribution in [3.05, 3.63) is 12.2 Å². The Morgan fingerprint density at radius 2 is 1.47 bits per heavy atom. The first kappa shape index (κ1) is 11.1. The average molecular weight is 209 g/mol. The Hall–Kier alpha value is -0.380. The van der Waals surface area contributed by atoms with Crippen molar-refractivity contribution in [2.75, 3.05) is 39.3 Å². The van der Waals surface area contributed by atoms with Gasteiger partial charge in [0.05, 0.1) is 6.17 Å². The van der Waals surface area contributed by atoms with Crippen molar-refractivity contribution in [2.45, 2.75) is 25.9 Å². The largest absolute Gasteiger partial charge is 0.314 e. The van der Waals surface area contributed by atoms with E-state index in [1.807, 2.05) is 0 Å². The molecule has 0 saturated carbocycles. The molecule has 2 aliphatic rings. The van der Waals surface area contributed by atoms with Gasteiger partial charge >= 0.3 is 0 Å². The summed E-state index contributed by atoms with van der Waals surface area (Å²) in [5.74, 6) is 0. The van der Waals surface area contributed by atoms with E-state index in [2.05, 4.69) is 34.2 Å². The summed E-state index contributed by atoms with van der Waals surface area (Å²) in [5.41, 5.74) is 0. The Labute approximate surface area is 93.1 Å². The lowest BCUT2D eigenvalue weighted by atomic mass is 10.3. The maximum absolute atomic E-state index is 3.50. The summed E-state index contributed by atoms with van der Waals surface area (Å²) < 4.78 is 0. The summed E-state index contributed by atoms with van der Waals surface area (Å²) in [4.78, 5) is 5.20. The van der Waals surface area contributed by atoms with Crippen LogP contribution in [0.3, 0.4) is 0 Å². The van der Waals surface area contributed by atoms with E-state index in [4.69, 9.17) is 0 Å². The summed E-state index contributed by atoms with van der Waals surface area (Å²) in [6, 6.07) is 0. The van der Waals surface area contributed by atoms with Crippen LogP contribution in [-0.4, -0.2) is 55.2 Å². The minimum absolute atomic E-state index is 0.618. The minimum atomic E-state index is 0.618. The normalized spacial score (nSPS) is 40.5. The third-order valence-electron chi connectivity index (χ3n) is 3.54. The van der Waals surface area contributed by atoms with Gasteiger partial charge in [-0.05, 0) is 19.8 Å². The van der Waals surface area contributed by atoms with Gasteiger partial charge < -0.3 is 5.32 Å². The van der Waals surface area contributed by atoms with Gasteiger partial charge in [-0.25, -0.2) is 0 Å². The number of rotatable bonds is 0. The second-order valence-electron chi connectivity index (χ2n) is 4.50. The summed E-state index contributed by atoms with van der Waals surface area (Å²) in [6.07, 6.45) is 7.71. The number of nitrogens with one attached hydrogen (secondary N) is 1. The van der Waals surface area contributed by atoms with E-state index in [0.29, 0.717) is 6.17 Å². The van der Waals surface area contributed by atoms with Gasteiger partial charge in [0.15, 0.2) is 0 Å². The van der Waals surface area contributed by atoms with Crippen LogP contribution in [0, 0.1) is 0 Å². The fraction of sp³-hybridized carbons (Fsp3) is 0.833. The zero-order chi connectivity index (χ0) is 10.5. The van der Waals surface area contributed by atoms with Gasteiger partial charge in [-0.15, -0.1) is 0 Å². The average Bonchev–Trinajstić information content (AvgIpc) is 2.32. The van der Waals surface area contributed by atoms with E-state index in [0.717, 1.165) is 13.1 Å². The van der Waals surface area contributed by atoms with E-state index < -0.39 is 0 Å². The van der Waals surface area contributed by atoms with Gasteiger partial charge in [-0.1, -0.05) is 12.2 Å². The first-order chi connectivity index (χ1) is 7.38. The van der Waals surface area contributed by atoms with Crippen LogP contribution in [0.4, 0.5) is 0 Å². The van der Waals surface area contributed by atoms with Gasteiger partial charge in [-0.2, -0.15) is 0 Å². The molecule has 0 amide bonds. The SMILES string of the molecule is CC1N2CC/C=C/CCN1CCNCC2. The third-order valence-corrected chi connectivity index (χ3v) is 3.54. The van der Waals surface area contributed by atoms with Gasteiger partial charge in [0.1, 0.15) is 0 Å². The molecule has 1 saturated heterocycles. The van der Waals surface area contributed by atoms with E-state index in [-0.39, 0.29) is 0 Å². The van der Waals surface area contributed by atoms with Gasteiger partial charge in [0.2, 0.25) is 0 Å². The van der Waals surface area contributed by atoms with Crippen molar-refractivity contribution in [1.29, 1.82) is 0 Å². The standard InChI is InChI=1S/C12H23N3/c1-12-14-8-4-2-3-5-9-15(12)11-7-13-6-10-14/h2-3,12-13H,4-11H2,1H3/b3-2+. The van der Waals surface area contributed by atoms with E-state index in [9.17, 15) is 0 Å². The van der Waals surface area contributed by atoms with Crippen LogP contribution in [0.25, 0.3) is 0 Å². The van der Waals surface area contributed by atoms with Crippen molar-refractivity contribution < 1.29 is 0 Å². The van der Waals surface area contributed by atoms with E-state index in [1.54, 1.807) is 0 Å². The molecule has 0 spiro atoms. The quantitative estimate of drug-likeness (QED) is 0.598. The molecule has 3 nitrogen and oxygen atoms in total. The Kier molecular flexibility index (Phi) is 4.18. The molecule has 3 heteroatoms. The molecule has 0 aromatic heterocycles. The molecule has 2 heterocycles. The molecule has 0 aromatic carbocycles. The molecule has 86 valence electrons. The Balaban J connectivity index is 2.05. The maximum Gasteiger partial charge on any atom is 0.0594 e. The predicted molar refractivity (Wildman–Crippen MR) is 63.9 cm³/mol. The number of hydrogen-bond acceptors (Lipinski definition) is 3. The van der Waals surface area contributed by atoms with Crippen LogP contribution in [0.15, 0.2) is 12.2 Å². The highest BCUT2D eigenvalue weighted by Gasteiger charge is 2.21. The predicted octanol–water partition coefficient (Wildman–Crippen LogP) is 0.890. The second kappa shape index (κ2) is 5.64. The Morgan fingerprint density at radius 1 is 0.933 bits per heavy atom. The molecule has 0 aliphatic carbocycles. The lowest BCUT2D eigenvalue weighted by Crippen LogP contribution is -2.53. The van der Waals surface area contributed by atoms with E-state index in [1.165, 1.54) is 39.0 Å². The lowest BCUT2D eigenvalue weighted by molar-refractivity contribution is 0.0496. The summed E-state index contributed by atoms with van der Waals surface area (Å²) in [5, 5.41) is 3.50. The molecule has 15 heavy (non-hydrogen) atoms. The Bertz CT molecular complexity index is 195. The highest BCUT2D eigenvalue weighted by Crippen LogP contribution is 2.11. The minimum Gasteiger partial charge on any atom is -0.314 e. The lowest BCUT2D eigenvalue weighted by Gasteiger charge is -2.39. The smallest absolute Gasteiger partial charge is 0.0594 e. The monoisotopic (exact) mass is 209 g/mol. The van der Waals surface area contributed by atoms with Crippen LogP contribution in [0.2, 0.25) is 0 Å². The van der Waals surface area contributed by atoms with Crippen LogP contribution >= 0.6 is 0 Å². The first-order valence-electron chi connectivity index (χ1n) is 6.22. The van der Waals surface area contributed by atoms with Crippen molar-refractivity contribution in [1.82, 2.24) is 15.1 Å². The van der Waals surface area contributed by atoms with Gasteiger partial charge in [0.25, 0.3) is 0 Å². The zero-order valence-electron chi connectivity index (χ0n) is 9.78. The van der Waals surface area contributed by atoms with Crippen LogP contribution in [-0.2, 0) is 0 Å². The second-order valence-corrected chi connectivity index (χ2v) is 4.50. The number of hydrogen-bond donors (Lipinski definition) is 1. The van der Waals surface area contributed by atoms with Crippen molar-refractivity contribution in [3.8, 4) is 0 Å². The molecule has 2 aliphatic heterocycles. The van der Waals surface area contributed by atoms with E-state index >= 15 is 0 Å². The molecule has 0 aromatic rings. The van der Waals surface area contributed by atoms with Gasteiger partial charge in [0, 0.05) is 39.3 Å². The first-order valence-corrected chi connectivity index (χ1v) is 6.22. The van der Waals surface area contributed by atoms with Crippen LogP contribution in [0.1, 0.15) is 19.8 Å². The topological polar surface area (TPSA) is 18.5 Å². The van der Waals surface area contributed by atoms with Gasteiger partial charge in [-0.3, -0.25) is 9.80 Å². The number of nitrogens with zero attached hydrogens (tertiary/aromatic N) is 2. The molecule has 2 rings (SSSR count). The Morgan fingerprint density at radius 3 is 2.00 bits per heavy atom. The molecule has 1 N–H and O–H groups in total. The summed E-state index contributed by atoms with van der Waals surface area (Å²) in [7, 11) is 0. The highest BCUT2D eigenvalue weighted by atomic mass is 15.4. The third kappa shape index (κ3) is 3.03. The molecule has 2 atom stereocenters. The fourth-order valence-electron chi connectivity index (χ4n) is 2.49. The zero-order valence-corrected chi connectivity index (χ0v) is 9.78. The fourth-order valence-corrected chi connectivity index (χ4v) is 2.49. The van der Waals surface area contributed by atoms with Crippen LogP contribution < -0.4 is 5.32 Å². The van der Waals surface area contributed by atoms with Crippen molar-refractivity contribution in [2.24, 2.45) is 0 Å². The molecular weight excluding hydrogens is 186 g/mol. The maximum atomic E-state index is 3.50. The molecule has 1 fully saturated rings. The molecule has 2 unspecified atom stereocenters. The summed E-state index contributed by atoms with van der Waals surface area (Å²) >= 11 is 0.